The van der Waals surface area contributed by atoms with Crippen LogP contribution in [0.3, 0.4) is 0 Å². The maximum absolute atomic E-state index is 12.2. The average molecular weight is 480 g/mol. The van der Waals surface area contributed by atoms with Gasteiger partial charge in [-0.1, -0.05) is 80.1 Å². The van der Waals surface area contributed by atoms with Crippen LogP contribution in [0.15, 0.2) is 78.9 Å². The molecule has 178 valence electrons. The molecule has 0 radical (unpaired) electrons. The Labute approximate surface area is 200 Å². The molecule has 0 aliphatic rings. The number of Topliss-reactive ketones (excluding diaryl/α,β-unsaturated/α-hetero) is 2. The first kappa shape index (κ1) is 26.7. The molecule has 0 aromatic heterocycles. The Morgan fingerprint density at radius 3 is 1.53 bits per heavy atom. The molecule has 7 heteroatoms. The van der Waals surface area contributed by atoms with Crippen LogP contribution in [0, 0.1) is 0 Å². The minimum Gasteiger partial charge on any atom is -0.496 e. The van der Waals surface area contributed by atoms with Crippen LogP contribution in [0.2, 0.25) is 0 Å². The monoisotopic (exact) mass is 480 g/mol. The molecular formula is C27H29O6P. The Bertz CT molecular complexity index is 1050. The fourth-order valence-corrected chi connectivity index (χ4v) is 4.53. The third kappa shape index (κ3) is 7.26. The fraction of sp³-hybridized carbons (Fsp3) is 0.222. The van der Waals surface area contributed by atoms with Gasteiger partial charge < -0.3 is 14.0 Å². The van der Waals surface area contributed by atoms with Gasteiger partial charge in [0.05, 0.1) is 14.2 Å². The summed E-state index contributed by atoms with van der Waals surface area (Å²) in [7, 11) is 0.667. The van der Waals surface area contributed by atoms with Crippen LogP contribution >= 0.6 is 7.80 Å². The van der Waals surface area contributed by atoms with Gasteiger partial charge in [0.15, 0.2) is 0 Å². The van der Waals surface area contributed by atoms with Gasteiger partial charge in [0, 0.05) is 17.3 Å². The number of methoxy groups -OCH3 is 2. The highest BCUT2D eigenvalue weighted by atomic mass is 31.1. The van der Waals surface area contributed by atoms with Crippen molar-refractivity contribution in [1.82, 2.24) is 0 Å². The normalized spacial score (nSPS) is 10.9. The van der Waals surface area contributed by atoms with Crippen molar-refractivity contribution in [2.45, 2.75) is 19.8 Å². The molecule has 0 amide bonds. The smallest absolute Gasteiger partial charge is 0.233 e. The second-order valence-electron chi connectivity index (χ2n) is 7.28. The second-order valence-corrected chi connectivity index (χ2v) is 9.08. The van der Waals surface area contributed by atoms with Crippen LogP contribution in [0.5, 0.6) is 11.5 Å². The molecule has 0 saturated carbocycles. The molecule has 1 atom stereocenters. The van der Waals surface area contributed by atoms with Crippen molar-refractivity contribution < 1.29 is 28.4 Å². The summed E-state index contributed by atoms with van der Waals surface area (Å²) in [5.74, 6) is -0.109. The van der Waals surface area contributed by atoms with Gasteiger partial charge in [-0.15, -0.1) is 0 Å². The van der Waals surface area contributed by atoms with E-state index in [1.165, 1.54) is 14.2 Å². The number of rotatable bonds is 10. The molecule has 0 N–H and O–H groups in total. The minimum atomic E-state index is -2.30. The standard InChI is InChI=1S/C14H10O2.C13H19O4P/c15-13(11-7-3-1-4-8-11)14(16)12-9-5-2-6-10-12;1-4-5-9-18(15)13(14)12-10(16-2)7-6-8-11(12)17-3/h1-10H;6-8,18H,4-5,9H2,1-3H3. The number of ketones is 2. The first-order valence-corrected chi connectivity index (χ1v) is 12.5. The molecule has 3 aromatic carbocycles. The lowest BCUT2D eigenvalue weighted by Crippen LogP contribution is -2.14. The summed E-state index contributed by atoms with van der Waals surface area (Å²) in [4.78, 5) is 35.8. The lowest BCUT2D eigenvalue weighted by molar-refractivity contribution is 0.0817. The molecule has 0 spiro atoms. The minimum absolute atomic E-state index is 0.294. The fourth-order valence-electron chi connectivity index (χ4n) is 3.11. The van der Waals surface area contributed by atoms with E-state index in [9.17, 15) is 18.9 Å². The molecular weight excluding hydrogens is 451 g/mol. The van der Waals surface area contributed by atoms with Crippen LogP contribution in [0.4, 0.5) is 0 Å². The van der Waals surface area contributed by atoms with E-state index in [4.69, 9.17) is 9.47 Å². The molecule has 0 heterocycles. The van der Waals surface area contributed by atoms with Crippen LogP contribution < -0.4 is 9.47 Å². The highest BCUT2D eigenvalue weighted by Gasteiger charge is 2.22. The Hall–Kier alpha value is -3.50. The van der Waals surface area contributed by atoms with Gasteiger partial charge in [0.25, 0.3) is 0 Å². The van der Waals surface area contributed by atoms with Crippen LogP contribution in [-0.4, -0.2) is 37.5 Å². The summed E-state index contributed by atoms with van der Waals surface area (Å²) in [6.45, 7) is 2.00. The number of hydrogen-bond donors (Lipinski definition) is 0. The lowest BCUT2D eigenvalue weighted by Gasteiger charge is -2.11. The van der Waals surface area contributed by atoms with Crippen molar-refractivity contribution in [3.05, 3.63) is 95.6 Å². The predicted molar refractivity (Wildman–Crippen MR) is 134 cm³/mol. The van der Waals surface area contributed by atoms with Gasteiger partial charge >= 0.3 is 0 Å². The average Bonchev–Trinajstić information content (AvgIpc) is 2.91. The van der Waals surface area contributed by atoms with E-state index in [2.05, 4.69) is 0 Å². The van der Waals surface area contributed by atoms with Crippen LogP contribution in [0.1, 0.15) is 50.8 Å². The molecule has 0 bridgehead atoms. The van der Waals surface area contributed by atoms with Crippen molar-refractivity contribution in [3.8, 4) is 11.5 Å². The molecule has 6 nitrogen and oxygen atoms in total. The topological polar surface area (TPSA) is 86.7 Å². The molecule has 34 heavy (non-hydrogen) atoms. The van der Waals surface area contributed by atoms with Crippen molar-refractivity contribution in [2.24, 2.45) is 0 Å². The van der Waals surface area contributed by atoms with E-state index in [1.807, 2.05) is 19.1 Å². The van der Waals surface area contributed by atoms with Gasteiger partial charge in [0.1, 0.15) is 24.9 Å². The molecule has 3 aromatic rings. The number of unbranched alkanes of at least 4 members (excludes halogenated alkanes) is 1. The third-order valence-corrected chi connectivity index (χ3v) is 6.51. The number of hydrogen-bond acceptors (Lipinski definition) is 6. The Morgan fingerprint density at radius 1 is 0.706 bits per heavy atom. The van der Waals surface area contributed by atoms with E-state index in [0.717, 1.165) is 12.8 Å². The summed E-state index contributed by atoms with van der Waals surface area (Å²) < 4.78 is 22.2. The number of ether oxygens (including phenoxy) is 2. The summed E-state index contributed by atoms with van der Waals surface area (Å²) in [6.07, 6.45) is 2.16. The van der Waals surface area contributed by atoms with Crippen molar-refractivity contribution in [1.29, 1.82) is 0 Å². The largest absolute Gasteiger partial charge is 0.496 e. The van der Waals surface area contributed by atoms with E-state index in [0.29, 0.717) is 34.4 Å². The highest BCUT2D eigenvalue weighted by Crippen LogP contribution is 2.37. The Kier molecular flexibility index (Phi) is 10.9. The Morgan fingerprint density at radius 2 is 1.15 bits per heavy atom. The second kappa shape index (κ2) is 13.9. The summed E-state index contributed by atoms with van der Waals surface area (Å²) >= 11 is 0. The summed E-state index contributed by atoms with van der Waals surface area (Å²) in [5.41, 5.74) is 0.790. The maximum atomic E-state index is 12.2. The zero-order chi connectivity index (χ0) is 24.9. The van der Waals surface area contributed by atoms with E-state index in [1.54, 1.807) is 66.7 Å². The zero-order valence-corrected chi connectivity index (χ0v) is 20.6. The molecule has 0 aliphatic carbocycles. The first-order chi connectivity index (χ1) is 16.4. The molecule has 0 aliphatic heterocycles. The quantitative estimate of drug-likeness (QED) is 0.202. The van der Waals surface area contributed by atoms with Crippen molar-refractivity contribution in [2.75, 3.05) is 20.4 Å². The van der Waals surface area contributed by atoms with E-state index < -0.39 is 19.4 Å². The van der Waals surface area contributed by atoms with Gasteiger partial charge in [-0.25, -0.2) is 0 Å². The van der Waals surface area contributed by atoms with E-state index in [-0.39, 0.29) is 5.52 Å². The molecule has 0 fully saturated rings. The molecule has 1 unspecified atom stereocenters. The summed E-state index contributed by atoms with van der Waals surface area (Å²) in [5, 5.41) is 0. The third-order valence-electron chi connectivity index (χ3n) is 4.94. The molecule has 0 saturated heterocycles. The number of carbonyl (C=O) groups is 3. The van der Waals surface area contributed by atoms with Crippen molar-refractivity contribution in [3.63, 3.8) is 0 Å². The van der Waals surface area contributed by atoms with Gasteiger partial charge in [-0.2, -0.15) is 0 Å². The molecule has 3 rings (SSSR count). The van der Waals surface area contributed by atoms with Crippen LogP contribution in [-0.2, 0) is 4.57 Å². The van der Waals surface area contributed by atoms with Crippen LogP contribution in [0.25, 0.3) is 0 Å². The lowest BCUT2D eigenvalue weighted by atomic mass is 10.0. The number of carbonyl (C=O) groups excluding carboxylic acids is 3. The van der Waals surface area contributed by atoms with Gasteiger partial charge in [-0.05, 0) is 18.6 Å². The number of benzene rings is 3. The van der Waals surface area contributed by atoms with Crippen molar-refractivity contribution >= 4 is 24.9 Å². The SMILES string of the molecule is CCCC[PH](=O)C(=O)c1c(OC)cccc1OC.O=C(C(=O)c1ccccc1)c1ccccc1. The maximum Gasteiger partial charge on any atom is 0.233 e. The van der Waals surface area contributed by atoms with Gasteiger partial charge in [0.2, 0.25) is 17.1 Å². The van der Waals surface area contributed by atoms with E-state index >= 15 is 0 Å². The van der Waals surface area contributed by atoms with Gasteiger partial charge in [-0.3, -0.25) is 14.4 Å². The Balaban J connectivity index is 0.000000241. The summed E-state index contributed by atoms with van der Waals surface area (Å²) in [6, 6.07) is 22.2. The predicted octanol–water partition coefficient (Wildman–Crippen LogP) is 5.96. The first-order valence-electron chi connectivity index (χ1n) is 10.9. The highest BCUT2D eigenvalue weighted by molar-refractivity contribution is 7.64. The zero-order valence-electron chi connectivity index (χ0n) is 19.6.